The maximum absolute atomic E-state index is 11.6. The highest BCUT2D eigenvalue weighted by Gasteiger charge is 2.20. The number of carbonyl (C=O) groups excluding carboxylic acids is 1. The average Bonchev–Trinajstić information content (AvgIpc) is 2.27. The molecule has 16 heavy (non-hydrogen) atoms. The van der Waals surface area contributed by atoms with Gasteiger partial charge in [0.05, 0.1) is 12.1 Å². The van der Waals surface area contributed by atoms with Crippen LogP contribution in [0, 0.1) is 0 Å². The van der Waals surface area contributed by atoms with Crippen LogP contribution in [-0.4, -0.2) is 36.2 Å². The van der Waals surface area contributed by atoms with Crippen molar-refractivity contribution in [3.63, 3.8) is 0 Å². The first kappa shape index (κ1) is 15.7. The molecule has 0 bridgehead atoms. The van der Waals surface area contributed by atoms with E-state index in [0.717, 1.165) is 38.6 Å². The predicted molar refractivity (Wildman–Crippen MR) is 66.8 cm³/mol. The predicted octanol–water partition coefficient (Wildman–Crippen LogP) is 0.827. The van der Waals surface area contributed by atoms with Gasteiger partial charge in [-0.25, -0.2) is 0 Å². The Balaban J connectivity index is 0.00000225. The number of piperidine rings is 1. The van der Waals surface area contributed by atoms with Gasteiger partial charge in [0.2, 0.25) is 5.91 Å². The van der Waals surface area contributed by atoms with E-state index in [0.29, 0.717) is 6.54 Å². The van der Waals surface area contributed by atoms with Crippen molar-refractivity contribution in [3.8, 4) is 0 Å². The van der Waals surface area contributed by atoms with Crippen molar-refractivity contribution < 1.29 is 9.90 Å². The van der Waals surface area contributed by atoms with Gasteiger partial charge >= 0.3 is 0 Å². The maximum Gasteiger partial charge on any atom is 0.237 e. The molecule has 3 N–H and O–H groups in total. The lowest BCUT2D eigenvalue weighted by atomic mass is 10.0. The largest absolute Gasteiger partial charge is 0.391 e. The molecule has 1 aliphatic rings. The summed E-state index contributed by atoms with van der Waals surface area (Å²) in [5.74, 6) is 0.0323. The van der Waals surface area contributed by atoms with Crippen molar-refractivity contribution >= 4 is 18.3 Å². The molecule has 0 aromatic rings. The van der Waals surface area contributed by atoms with Gasteiger partial charge < -0.3 is 15.7 Å². The smallest absolute Gasteiger partial charge is 0.237 e. The molecule has 0 aromatic carbocycles. The second kappa shape index (κ2) is 8.79. The molecule has 1 rings (SSSR count). The zero-order valence-corrected chi connectivity index (χ0v) is 10.7. The van der Waals surface area contributed by atoms with Gasteiger partial charge in [-0.15, -0.1) is 12.4 Å². The molecule has 0 spiro atoms. The Kier molecular flexibility index (Phi) is 8.61. The minimum Gasteiger partial charge on any atom is -0.391 e. The van der Waals surface area contributed by atoms with Gasteiger partial charge in [0.1, 0.15) is 0 Å². The highest BCUT2D eigenvalue weighted by Crippen LogP contribution is 2.06. The lowest BCUT2D eigenvalue weighted by Gasteiger charge is -2.23. The topological polar surface area (TPSA) is 61.4 Å². The van der Waals surface area contributed by atoms with Crippen LogP contribution < -0.4 is 10.6 Å². The highest BCUT2D eigenvalue weighted by atomic mass is 35.5. The third kappa shape index (κ3) is 5.68. The Morgan fingerprint density at radius 3 is 2.88 bits per heavy atom. The Morgan fingerprint density at radius 1 is 1.56 bits per heavy atom. The second-order valence-electron chi connectivity index (χ2n) is 4.19. The summed E-state index contributed by atoms with van der Waals surface area (Å²) >= 11 is 0. The molecule has 1 fully saturated rings. The summed E-state index contributed by atoms with van der Waals surface area (Å²) in [5, 5.41) is 15.4. The van der Waals surface area contributed by atoms with E-state index in [-0.39, 0.29) is 24.4 Å². The fraction of sp³-hybridized carbons (Fsp3) is 0.909. The molecular weight excluding hydrogens is 228 g/mol. The highest BCUT2D eigenvalue weighted by molar-refractivity contribution is 5.85. The van der Waals surface area contributed by atoms with Crippen LogP contribution in [0.1, 0.15) is 39.0 Å². The van der Waals surface area contributed by atoms with E-state index < -0.39 is 6.10 Å². The molecule has 2 unspecified atom stereocenters. The molecule has 0 radical (unpaired) electrons. The Bertz CT molecular complexity index is 196. The molecule has 1 saturated heterocycles. The van der Waals surface area contributed by atoms with Crippen LogP contribution in [-0.2, 0) is 4.79 Å². The number of carbonyl (C=O) groups is 1. The number of hydrogen-bond acceptors (Lipinski definition) is 3. The minimum absolute atomic E-state index is 0. The average molecular weight is 251 g/mol. The molecule has 4 nitrogen and oxygen atoms in total. The molecular formula is C11H23ClN2O2. The van der Waals surface area contributed by atoms with Gasteiger partial charge in [-0.3, -0.25) is 4.79 Å². The van der Waals surface area contributed by atoms with E-state index in [2.05, 4.69) is 10.6 Å². The first-order chi connectivity index (χ1) is 7.24. The molecule has 5 heteroatoms. The lowest BCUT2D eigenvalue weighted by Crippen LogP contribution is -2.48. The monoisotopic (exact) mass is 250 g/mol. The summed E-state index contributed by atoms with van der Waals surface area (Å²) in [6.07, 6.45) is 4.47. The lowest BCUT2D eigenvalue weighted by molar-refractivity contribution is -0.124. The third-order valence-electron chi connectivity index (χ3n) is 2.76. The van der Waals surface area contributed by atoms with Crippen LogP contribution in [0.4, 0.5) is 0 Å². The number of nitrogens with one attached hydrogen (secondary N) is 2. The van der Waals surface area contributed by atoms with Gasteiger partial charge in [-0.2, -0.15) is 0 Å². The van der Waals surface area contributed by atoms with Crippen LogP contribution in [0.3, 0.4) is 0 Å². The van der Waals surface area contributed by atoms with Crippen molar-refractivity contribution in [1.82, 2.24) is 10.6 Å². The standard InChI is InChI=1S/C11H22N2O2.ClH/c1-2-5-9(14)8-13-11(15)10-6-3-4-7-12-10;/h9-10,12,14H,2-8H2,1H3,(H,13,15);1H. The van der Waals surface area contributed by atoms with Crippen LogP contribution in [0.15, 0.2) is 0 Å². The van der Waals surface area contributed by atoms with E-state index in [1.807, 2.05) is 6.92 Å². The minimum atomic E-state index is -0.400. The van der Waals surface area contributed by atoms with E-state index in [1.54, 1.807) is 0 Å². The molecule has 0 saturated carbocycles. The molecule has 0 aromatic heterocycles. The van der Waals surface area contributed by atoms with Gasteiger partial charge in [-0.05, 0) is 25.8 Å². The number of rotatable bonds is 5. The normalized spacial score (nSPS) is 22.0. The molecule has 2 atom stereocenters. The molecule has 1 heterocycles. The molecule has 0 aliphatic carbocycles. The van der Waals surface area contributed by atoms with Crippen molar-refractivity contribution in [3.05, 3.63) is 0 Å². The molecule has 96 valence electrons. The maximum atomic E-state index is 11.6. The second-order valence-corrected chi connectivity index (χ2v) is 4.19. The van der Waals surface area contributed by atoms with Gasteiger partial charge in [-0.1, -0.05) is 19.8 Å². The van der Waals surface area contributed by atoms with Crippen molar-refractivity contribution in [2.75, 3.05) is 13.1 Å². The van der Waals surface area contributed by atoms with Gasteiger partial charge in [0.15, 0.2) is 0 Å². The van der Waals surface area contributed by atoms with E-state index in [9.17, 15) is 9.90 Å². The number of aliphatic hydroxyl groups excluding tert-OH is 1. The van der Waals surface area contributed by atoms with Crippen molar-refractivity contribution in [2.45, 2.75) is 51.2 Å². The van der Waals surface area contributed by atoms with Crippen LogP contribution in [0.25, 0.3) is 0 Å². The zero-order valence-electron chi connectivity index (χ0n) is 9.87. The fourth-order valence-electron chi connectivity index (χ4n) is 1.85. The van der Waals surface area contributed by atoms with Crippen molar-refractivity contribution in [1.29, 1.82) is 0 Å². The summed E-state index contributed by atoms with van der Waals surface area (Å²) < 4.78 is 0. The summed E-state index contributed by atoms with van der Waals surface area (Å²) in [6.45, 7) is 3.33. The fourth-order valence-corrected chi connectivity index (χ4v) is 1.85. The molecule has 1 aliphatic heterocycles. The Hall–Kier alpha value is -0.320. The van der Waals surface area contributed by atoms with Crippen molar-refractivity contribution in [2.24, 2.45) is 0 Å². The first-order valence-electron chi connectivity index (χ1n) is 5.93. The zero-order chi connectivity index (χ0) is 11.1. The van der Waals surface area contributed by atoms with Crippen LogP contribution >= 0.6 is 12.4 Å². The first-order valence-corrected chi connectivity index (χ1v) is 5.93. The molecule has 1 amide bonds. The van der Waals surface area contributed by atoms with Gasteiger partial charge in [0, 0.05) is 6.54 Å². The third-order valence-corrected chi connectivity index (χ3v) is 2.76. The number of amides is 1. The van der Waals surface area contributed by atoms with E-state index in [1.165, 1.54) is 0 Å². The van der Waals surface area contributed by atoms with E-state index in [4.69, 9.17) is 0 Å². The number of halogens is 1. The SMILES string of the molecule is CCCC(O)CNC(=O)C1CCCCN1.Cl. The number of hydrogen-bond donors (Lipinski definition) is 3. The van der Waals surface area contributed by atoms with Crippen LogP contribution in [0.2, 0.25) is 0 Å². The summed E-state index contributed by atoms with van der Waals surface area (Å²) in [6, 6.07) is -0.0485. The quantitative estimate of drug-likeness (QED) is 0.677. The van der Waals surface area contributed by atoms with E-state index >= 15 is 0 Å². The van der Waals surface area contributed by atoms with Gasteiger partial charge in [0.25, 0.3) is 0 Å². The Labute approximate surface area is 104 Å². The number of aliphatic hydroxyl groups is 1. The summed E-state index contributed by atoms with van der Waals surface area (Å²) in [7, 11) is 0. The Morgan fingerprint density at radius 2 is 2.31 bits per heavy atom. The summed E-state index contributed by atoms with van der Waals surface area (Å²) in [4.78, 5) is 11.6. The summed E-state index contributed by atoms with van der Waals surface area (Å²) in [5.41, 5.74) is 0. The van der Waals surface area contributed by atoms with Crippen LogP contribution in [0.5, 0.6) is 0 Å².